The Morgan fingerprint density at radius 1 is 1.24 bits per heavy atom. The number of alkyl halides is 1. The lowest BCUT2D eigenvalue weighted by Gasteiger charge is -2.31. The molecule has 0 bridgehead atoms. The third-order valence-corrected chi connectivity index (χ3v) is 4.69. The van der Waals surface area contributed by atoms with Gasteiger partial charge in [-0.1, -0.05) is 52.7 Å². The van der Waals surface area contributed by atoms with Gasteiger partial charge in [0.2, 0.25) is 0 Å². The van der Waals surface area contributed by atoms with E-state index in [9.17, 15) is 5.11 Å². The highest BCUT2D eigenvalue weighted by atomic mass is 79.9. The van der Waals surface area contributed by atoms with Crippen molar-refractivity contribution in [1.82, 2.24) is 0 Å². The molecule has 2 rings (SSSR count). The first-order chi connectivity index (χ1) is 8.27. The van der Waals surface area contributed by atoms with Gasteiger partial charge in [-0.3, -0.25) is 0 Å². The summed E-state index contributed by atoms with van der Waals surface area (Å²) in [4.78, 5) is 0.187. The fourth-order valence-corrected chi connectivity index (χ4v) is 2.98. The smallest absolute Gasteiger partial charge is 0.0717 e. The molecule has 0 spiro atoms. The van der Waals surface area contributed by atoms with Crippen LogP contribution in [0.4, 0.5) is 0 Å². The number of aliphatic hydroxyl groups excluding tert-OH is 1. The number of hydrogen-bond donors (Lipinski definition) is 1. The number of rotatable bonds is 4. The van der Waals surface area contributed by atoms with Gasteiger partial charge in [0, 0.05) is 4.83 Å². The summed E-state index contributed by atoms with van der Waals surface area (Å²) in [5.41, 5.74) is 1.20. The highest BCUT2D eigenvalue weighted by Crippen LogP contribution is 2.30. The maximum atomic E-state index is 9.76. The Labute approximate surface area is 111 Å². The average molecular weight is 299 g/mol. The topological polar surface area (TPSA) is 29.5 Å². The van der Waals surface area contributed by atoms with E-state index in [1.165, 1.54) is 5.56 Å². The van der Waals surface area contributed by atoms with Gasteiger partial charge in [-0.2, -0.15) is 0 Å². The van der Waals surface area contributed by atoms with E-state index < -0.39 is 0 Å². The van der Waals surface area contributed by atoms with E-state index in [1.54, 1.807) is 0 Å². The van der Waals surface area contributed by atoms with Crippen LogP contribution in [0.1, 0.15) is 24.8 Å². The van der Waals surface area contributed by atoms with Crippen LogP contribution >= 0.6 is 15.9 Å². The van der Waals surface area contributed by atoms with Crippen molar-refractivity contribution in [3.63, 3.8) is 0 Å². The summed E-state index contributed by atoms with van der Waals surface area (Å²) < 4.78 is 5.74. The molecule has 2 nitrogen and oxygen atoms in total. The predicted molar refractivity (Wildman–Crippen MR) is 72.2 cm³/mol. The van der Waals surface area contributed by atoms with Gasteiger partial charge in [0.25, 0.3) is 0 Å². The van der Waals surface area contributed by atoms with E-state index in [2.05, 4.69) is 28.1 Å². The Balaban J connectivity index is 1.75. The molecule has 1 aliphatic carbocycles. The molecule has 17 heavy (non-hydrogen) atoms. The molecule has 1 aromatic carbocycles. The lowest BCUT2D eigenvalue weighted by Crippen LogP contribution is -2.35. The summed E-state index contributed by atoms with van der Waals surface area (Å²) in [6.07, 6.45) is 2.93. The first kappa shape index (κ1) is 13.1. The Morgan fingerprint density at radius 2 is 2.00 bits per heavy atom. The number of aliphatic hydroxyl groups is 1. The molecule has 1 fully saturated rings. The van der Waals surface area contributed by atoms with Crippen LogP contribution in [0.2, 0.25) is 0 Å². The van der Waals surface area contributed by atoms with E-state index in [4.69, 9.17) is 4.74 Å². The Morgan fingerprint density at radius 3 is 2.76 bits per heavy atom. The fraction of sp³-hybridized carbons (Fsp3) is 0.571. The van der Waals surface area contributed by atoms with E-state index in [-0.39, 0.29) is 10.9 Å². The molecule has 0 saturated heterocycles. The summed E-state index contributed by atoms with van der Waals surface area (Å²) in [6, 6.07) is 10.2. The highest BCUT2D eigenvalue weighted by Gasteiger charge is 2.29. The molecule has 0 unspecified atom stereocenters. The molecule has 0 heterocycles. The second kappa shape index (κ2) is 6.53. The van der Waals surface area contributed by atoms with Crippen LogP contribution in [0.15, 0.2) is 30.3 Å². The third-order valence-electron chi connectivity index (χ3n) is 3.34. The predicted octanol–water partition coefficient (Wildman–Crippen LogP) is 3.13. The summed E-state index contributed by atoms with van der Waals surface area (Å²) in [5.74, 6) is 0.433. The van der Waals surface area contributed by atoms with Gasteiger partial charge in [-0.25, -0.2) is 0 Å². The van der Waals surface area contributed by atoms with Crippen LogP contribution in [0, 0.1) is 5.92 Å². The molecule has 1 saturated carbocycles. The standard InChI is InChI=1S/C14H19BrO2/c15-14-12(7-4-8-13(14)16)10-17-9-11-5-2-1-3-6-11/h1-3,5-6,12-14,16H,4,7-10H2/t12-,13+,14+/m0/s1. The minimum Gasteiger partial charge on any atom is -0.392 e. The molecular weight excluding hydrogens is 280 g/mol. The maximum absolute atomic E-state index is 9.76. The van der Waals surface area contributed by atoms with E-state index >= 15 is 0 Å². The highest BCUT2D eigenvalue weighted by molar-refractivity contribution is 9.09. The second-order valence-electron chi connectivity index (χ2n) is 4.70. The number of ether oxygens (including phenoxy) is 1. The van der Waals surface area contributed by atoms with Crippen LogP contribution in [0.5, 0.6) is 0 Å². The lowest BCUT2D eigenvalue weighted by molar-refractivity contribution is 0.0419. The molecule has 94 valence electrons. The number of halogens is 1. The van der Waals surface area contributed by atoms with Crippen molar-refractivity contribution in [1.29, 1.82) is 0 Å². The molecule has 0 amide bonds. The van der Waals surface area contributed by atoms with E-state index in [0.29, 0.717) is 12.5 Å². The summed E-state index contributed by atoms with van der Waals surface area (Å²) >= 11 is 3.58. The van der Waals surface area contributed by atoms with Gasteiger partial charge in [-0.15, -0.1) is 0 Å². The molecule has 1 N–H and O–H groups in total. The van der Waals surface area contributed by atoms with E-state index in [0.717, 1.165) is 25.9 Å². The van der Waals surface area contributed by atoms with Gasteiger partial charge in [0.15, 0.2) is 0 Å². The van der Waals surface area contributed by atoms with Crippen molar-refractivity contribution in [3.8, 4) is 0 Å². The Bertz CT molecular complexity index is 328. The SMILES string of the molecule is O[C@@H]1CCC[C@@H](COCc2ccccc2)[C@H]1Br. The van der Waals surface area contributed by atoms with Crippen LogP contribution in [-0.2, 0) is 11.3 Å². The van der Waals surface area contributed by atoms with Crippen molar-refractivity contribution in [2.75, 3.05) is 6.61 Å². The second-order valence-corrected chi connectivity index (χ2v) is 5.76. The minimum absolute atomic E-state index is 0.187. The zero-order valence-corrected chi connectivity index (χ0v) is 11.5. The fourth-order valence-electron chi connectivity index (χ4n) is 2.30. The number of hydrogen-bond acceptors (Lipinski definition) is 2. The molecule has 0 aromatic heterocycles. The lowest BCUT2D eigenvalue weighted by atomic mass is 9.88. The van der Waals surface area contributed by atoms with Crippen molar-refractivity contribution >= 4 is 15.9 Å². The van der Waals surface area contributed by atoms with Crippen LogP contribution in [-0.4, -0.2) is 22.6 Å². The first-order valence-electron chi connectivity index (χ1n) is 6.21. The largest absolute Gasteiger partial charge is 0.392 e. The van der Waals surface area contributed by atoms with Crippen LogP contribution < -0.4 is 0 Å². The number of benzene rings is 1. The molecule has 1 aromatic rings. The van der Waals surface area contributed by atoms with E-state index in [1.807, 2.05) is 18.2 Å². The van der Waals surface area contributed by atoms with Gasteiger partial charge in [0.1, 0.15) is 0 Å². The minimum atomic E-state index is -0.214. The Hall–Kier alpha value is -0.380. The van der Waals surface area contributed by atoms with Gasteiger partial charge in [-0.05, 0) is 24.3 Å². The third kappa shape index (κ3) is 3.80. The Kier molecular flexibility index (Phi) is 5.01. The molecule has 0 radical (unpaired) electrons. The normalized spacial score (nSPS) is 29.2. The maximum Gasteiger partial charge on any atom is 0.0717 e. The van der Waals surface area contributed by atoms with Crippen molar-refractivity contribution in [3.05, 3.63) is 35.9 Å². The molecular formula is C14H19BrO2. The van der Waals surface area contributed by atoms with Gasteiger partial charge >= 0.3 is 0 Å². The van der Waals surface area contributed by atoms with Crippen molar-refractivity contribution < 1.29 is 9.84 Å². The zero-order valence-electron chi connectivity index (χ0n) is 9.89. The van der Waals surface area contributed by atoms with Crippen molar-refractivity contribution in [2.24, 2.45) is 5.92 Å². The molecule has 3 heteroatoms. The van der Waals surface area contributed by atoms with Gasteiger partial charge in [0.05, 0.1) is 19.3 Å². The van der Waals surface area contributed by atoms with Crippen LogP contribution in [0.3, 0.4) is 0 Å². The quantitative estimate of drug-likeness (QED) is 0.866. The molecule has 3 atom stereocenters. The van der Waals surface area contributed by atoms with Crippen LogP contribution in [0.25, 0.3) is 0 Å². The first-order valence-corrected chi connectivity index (χ1v) is 7.13. The summed E-state index contributed by atoms with van der Waals surface area (Å²) in [7, 11) is 0. The molecule has 0 aliphatic heterocycles. The average Bonchev–Trinajstić information content (AvgIpc) is 2.36. The van der Waals surface area contributed by atoms with Gasteiger partial charge < -0.3 is 9.84 Å². The molecule has 1 aliphatic rings. The summed E-state index contributed by atoms with van der Waals surface area (Å²) in [5, 5.41) is 9.76. The monoisotopic (exact) mass is 298 g/mol. The van der Waals surface area contributed by atoms with Crippen molar-refractivity contribution in [2.45, 2.75) is 36.8 Å². The zero-order chi connectivity index (χ0) is 12.1. The summed E-state index contributed by atoms with van der Waals surface area (Å²) in [6.45, 7) is 1.38.